The van der Waals surface area contributed by atoms with Crippen molar-refractivity contribution in [3.05, 3.63) is 101 Å². The highest BCUT2D eigenvalue weighted by atomic mass is 32.2. The predicted octanol–water partition coefficient (Wildman–Crippen LogP) is 6.00. The van der Waals surface area contributed by atoms with E-state index in [4.69, 9.17) is 0 Å². The SMILES string of the molecule is Cc1ccc(S(=O)(=O)N2c3ccccc3NC3=C(C(=O)CC(C)(C)C3)C2c2ccccc2)cc1. The van der Waals surface area contributed by atoms with Crippen LogP contribution in [0.1, 0.15) is 43.9 Å². The van der Waals surface area contributed by atoms with Gasteiger partial charge in [-0.15, -0.1) is 0 Å². The van der Waals surface area contributed by atoms with Gasteiger partial charge in [-0.25, -0.2) is 8.42 Å². The Morgan fingerprint density at radius 2 is 1.53 bits per heavy atom. The van der Waals surface area contributed by atoms with Crippen molar-refractivity contribution in [2.45, 2.75) is 44.6 Å². The number of anilines is 2. The van der Waals surface area contributed by atoms with Crippen LogP contribution in [-0.2, 0) is 14.8 Å². The van der Waals surface area contributed by atoms with Crippen LogP contribution in [0.3, 0.4) is 0 Å². The minimum Gasteiger partial charge on any atom is -0.357 e. The van der Waals surface area contributed by atoms with E-state index in [2.05, 4.69) is 19.2 Å². The lowest BCUT2D eigenvalue weighted by atomic mass is 9.73. The zero-order chi connectivity index (χ0) is 24.1. The van der Waals surface area contributed by atoms with Gasteiger partial charge < -0.3 is 5.32 Å². The monoisotopic (exact) mass is 472 g/mol. The van der Waals surface area contributed by atoms with Crippen molar-refractivity contribution in [3.63, 3.8) is 0 Å². The minimum absolute atomic E-state index is 0.0236. The molecule has 1 N–H and O–H groups in total. The molecule has 174 valence electrons. The number of hydrogen-bond donors (Lipinski definition) is 1. The van der Waals surface area contributed by atoms with Gasteiger partial charge in [0, 0.05) is 17.7 Å². The van der Waals surface area contributed by atoms with E-state index < -0.39 is 16.1 Å². The first kappa shape index (κ1) is 22.4. The number of nitrogens with one attached hydrogen (secondary N) is 1. The van der Waals surface area contributed by atoms with Crippen LogP contribution >= 0.6 is 0 Å². The highest BCUT2D eigenvalue weighted by Crippen LogP contribution is 2.49. The van der Waals surface area contributed by atoms with E-state index in [1.54, 1.807) is 30.3 Å². The fourth-order valence-electron chi connectivity index (χ4n) is 4.98. The maximum Gasteiger partial charge on any atom is 0.265 e. The number of carbonyl (C=O) groups excluding carboxylic acids is 1. The van der Waals surface area contributed by atoms with Gasteiger partial charge in [0.25, 0.3) is 10.0 Å². The number of para-hydroxylation sites is 2. The summed E-state index contributed by atoms with van der Waals surface area (Å²) < 4.78 is 30.0. The molecule has 34 heavy (non-hydrogen) atoms. The molecule has 0 bridgehead atoms. The van der Waals surface area contributed by atoms with Gasteiger partial charge in [-0.1, -0.05) is 74.0 Å². The maximum atomic E-state index is 14.3. The molecular formula is C28H28N2O3S. The Bertz CT molecular complexity index is 1390. The highest BCUT2D eigenvalue weighted by molar-refractivity contribution is 7.92. The fraction of sp³-hybridized carbons (Fsp3) is 0.250. The fourth-order valence-corrected chi connectivity index (χ4v) is 6.61. The molecule has 6 heteroatoms. The average molecular weight is 473 g/mol. The molecule has 3 aromatic carbocycles. The van der Waals surface area contributed by atoms with E-state index in [1.165, 1.54) is 4.31 Å². The first-order valence-electron chi connectivity index (χ1n) is 11.5. The largest absolute Gasteiger partial charge is 0.357 e. The number of Topliss-reactive ketones (excluding diaryl/α,β-unsaturated/α-hetero) is 1. The van der Waals surface area contributed by atoms with E-state index in [0.717, 1.165) is 16.8 Å². The van der Waals surface area contributed by atoms with Gasteiger partial charge in [-0.2, -0.15) is 0 Å². The molecule has 0 amide bonds. The van der Waals surface area contributed by atoms with Crippen molar-refractivity contribution in [2.75, 3.05) is 9.62 Å². The Morgan fingerprint density at radius 3 is 2.24 bits per heavy atom. The second-order valence-corrected chi connectivity index (χ2v) is 11.7. The molecule has 2 aliphatic rings. The number of benzene rings is 3. The molecule has 1 atom stereocenters. The van der Waals surface area contributed by atoms with Gasteiger partial charge in [0.2, 0.25) is 0 Å². The smallest absolute Gasteiger partial charge is 0.265 e. The van der Waals surface area contributed by atoms with Crippen LogP contribution < -0.4 is 9.62 Å². The van der Waals surface area contributed by atoms with Gasteiger partial charge in [0.15, 0.2) is 5.78 Å². The van der Waals surface area contributed by atoms with Crippen molar-refractivity contribution < 1.29 is 13.2 Å². The lowest BCUT2D eigenvalue weighted by Crippen LogP contribution is -2.39. The Morgan fingerprint density at radius 1 is 0.882 bits per heavy atom. The molecule has 0 saturated heterocycles. The second kappa shape index (κ2) is 8.13. The van der Waals surface area contributed by atoms with Crippen molar-refractivity contribution in [2.24, 2.45) is 5.41 Å². The highest BCUT2D eigenvalue weighted by Gasteiger charge is 2.45. The third-order valence-electron chi connectivity index (χ3n) is 6.55. The molecule has 0 fully saturated rings. The number of allylic oxidation sites excluding steroid dienone is 1. The Balaban J connectivity index is 1.83. The maximum absolute atomic E-state index is 14.3. The van der Waals surface area contributed by atoms with Crippen LogP contribution in [0.4, 0.5) is 11.4 Å². The summed E-state index contributed by atoms with van der Waals surface area (Å²) in [4.78, 5) is 13.9. The molecule has 5 rings (SSSR count). The van der Waals surface area contributed by atoms with Gasteiger partial charge in [0.05, 0.1) is 16.3 Å². The summed E-state index contributed by atoms with van der Waals surface area (Å²) >= 11 is 0. The zero-order valence-electron chi connectivity index (χ0n) is 19.6. The quantitative estimate of drug-likeness (QED) is 0.508. The summed E-state index contributed by atoms with van der Waals surface area (Å²) in [6, 6.07) is 22.9. The molecule has 0 aromatic heterocycles. The van der Waals surface area contributed by atoms with Crippen LogP contribution in [0.2, 0.25) is 0 Å². The molecule has 0 saturated carbocycles. The van der Waals surface area contributed by atoms with E-state index in [0.29, 0.717) is 29.8 Å². The van der Waals surface area contributed by atoms with Crippen LogP contribution in [-0.4, -0.2) is 14.2 Å². The van der Waals surface area contributed by atoms with Gasteiger partial charge in [0.1, 0.15) is 6.04 Å². The first-order valence-corrected chi connectivity index (χ1v) is 12.9. The molecule has 1 heterocycles. The van der Waals surface area contributed by atoms with E-state index in [9.17, 15) is 13.2 Å². The van der Waals surface area contributed by atoms with E-state index in [1.807, 2.05) is 55.5 Å². The van der Waals surface area contributed by atoms with E-state index >= 15 is 0 Å². The first-order chi connectivity index (χ1) is 16.2. The number of rotatable bonds is 3. The number of sulfonamides is 1. The molecule has 0 spiro atoms. The van der Waals surface area contributed by atoms with Crippen molar-refractivity contribution >= 4 is 27.2 Å². The molecule has 1 unspecified atom stereocenters. The summed E-state index contributed by atoms with van der Waals surface area (Å²) in [7, 11) is -4.01. The summed E-state index contributed by atoms with van der Waals surface area (Å²) in [5.41, 5.74) is 4.04. The molecule has 0 radical (unpaired) electrons. The minimum atomic E-state index is -4.01. The lowest BCUT2D eigenvalue weighted by Gasteiger charge is -2.37. The normalized spacial score (nSPS) is 19.7. The molecular weight excluding hydrogens is 444 g/mol. The molecule has 5 nitrogen and oxygen atoms in total. The van der Waals surface area contributed by atoms with Gasteiger partial charge >= 0.3 is 0 Å². The third kappa shape index (κ3) is 3.82. The van der Waals surface area contributed by atoms with Crippen LogP contribution in [0.15, 0.2) is 95.0 Å². The second-order valence-electron chi connectivity index (χ2n) is 9.90. The summed E-state index contributed by atoms with van der Waals surface area (Å²) in [5, 5.41) is 3.46. The Kier molecular flexibility index (Phi) is 5.36. The lowest BCUT2D eigenvalue weighted by molar-refractivity contribution is -0.118. The van der Waals surface area contributed by atoms with E-state index in [-0.39, 0.29) is 16.1 Å². The number of carbonyl (C=O) groups is 1. The standard InChI is InChI=1S/C28H28N2O3S/c1-19-13-15-21(16-14-19)34(32,33)30-24-12-8-7-11-22(24)29-23-17-28(2,3)18-25(31)26(23)27(30)20-9-5-4-6-10-20/h4-16,27,29H,17-18H2,1-3H3. The summed E-state index contributed by atoms with van der Waals surface area (Å²) in [5.74, 6) is -0.0236. The van der Waals surface area contributed by atoms with Crippen LogP contribution in [0.25, 0.3) is 0 Å². The van der Waals surface area contributed by atoms with Gasteiger partial charge in [-0.3, -0.25) is 9.10 Å². The number of hydrogen-bond acceptors (Lipinski definition) is 4. The van der Waals surface area contributed by atoms with Crippen molar-refractivity contribution in [3.8, 4) is 0 Å². The van der Waals surface area contributed by atoms with Crippen LogP contribution in [0.5, 0.6) is 0 Å². The number of nitrogens with zero attached hydrogens (tertiary/aromatic N) is 1. The number of aryl methyl sites for hydroxylation is 1. The molecule has 1 aliphatic carbocycles. The average Bonchev–Trinajstić information content (AvgIpc) is 2.93. The number of fused-ring (bicyclic) bond motifs is 1. The van der Waals surface area contributed by atoms with Crippen molar-refractivity contribution in [1.82, 2.24) is 0 Å². The zero-order valence-corrected chi connectivity index (χ0v) is 20.4. The predicted molar refractivity (Wildman–Crippen MR) is 135 cm³/mol. The Hall–Kier alpha value is -3.38. The summed E-state index contributed by atoms with van der Waals surface area (Å²) in [6.07, 6.45) is 1.02. The topological polar surface area (TPSA) is 66.5 Å². The third-order valence-corrected chi connectivity index (χ3v) is 8.34. The van der Waals surface area contributed by atoms with Crippen molar-refractivity contribution in [1.29, 1.82) is 0 Å². The van der Waals surface area contributed by atoms with Gasteiger partial charge in [-0.05, 0) is 48.6 Å². The van der Waals surface area contributed by atoms with Crippen LogP contribution in [0, 0.1) is 12.3 Å². The molecule has 3 aromatic rings. The summed E-state index contributed by atoms with van der Waals surface area (Å²) in [6.45, 7) is 6.07. The number of ketones is 1. The Labute approximate surface area is 201 Å². The molecule has 1 aliphatic heterocycles.